The van der Waals surface area contributed by atoms with Crippen molar-refractivity contribution in [3.05, 3.63) is 41.2 Å². The van der Waals surface area contributed by atoms with Gasteiger partial charge < -0.3 is 15.8 Å². The number of aromatic nitrogens is 1. The molecule has 5 nitrogen and oxygen atoms in total. The molecule has 118 valence electrons. The average molecular weight is 322 g/mol. The van der Waals surface area contributed by atoms with E-state index in [1.165, 1.54) is 0 Å². The van der Waals surface area contributed by atoms with Gasteiger partial charge in [0.25, 0.3) is 0 Å². The Morgan fingerprint density at radius 3 is 2.73 bits per heavy atom. The second-order valence-electron chi connectivity index (χ2n) is 5.99. The molecule has 1 aromatic heterocycles. The fraction of sp³-hybridized carbons (Fsp3) is 0.375. The zero-order valence-electron chi connectivity index (χ0n) is 12.9. The number of alkyl carbamates (subject to hydrolysis) is 1. The Morgan fingerprint density at radius 2 is 2.09 bits per heavy atom. The minimum atomic E-state index is -0.572. The highest BCUT2D eigenvalue weighted by Crippen LogP contribution is 2.25. The molecule has 1 heterocycles. The van der Waals surface area contributed by atoms with Crippen molar-refractivity contribution in [2.75, 3.05) is 6.54 Å². The lowest BCUT2D eigenvalue weighted by molar-refractivity contribution is 0.0504. The predicted octanol–water partition coefficient (Wildman–Crippen LogP) is 3.41. The maximum absolute atomic E-state index is 11.9. The number of pyridine rings is 1. The summed E-state index contributed by atoms with van der Waals surface area (Å²) in [6.07, 6.45) is -0.533. The smallest absolute Gasteiger partial charge is 0.408 e. The number of amides is 1. The summed E-state index contributed by atoms with van der Waals surface area (Å²) < 4.78 is 5.24. The minimum Gasteiger partial charge on any atom is -0.444 e. The number of hydrogen-bond donors (Lipinski definition) is 2. The number of nitrogens with two attached hydrogens (primary N) is 1. The molecule has 0 saturated carbocycles. The van der Waals surface area contributed by atoms with E-state index < -0.39 is 17.7 Å². The number of carbonyl (C=O) groups is 1. The van der Waals surface area contributed by atoms with Crippen LogP contribution in [0.4, 0.5) is 4.79 Å². The summed E-state index contributed by atoms with van der Waals surface area (Å²) in [6.45, 7) is 5.60. The molecule has 22 heavy (non-hydrogen) atoms. The maximum atomic E-state index is 11.9. The normalized spacial score (nSPS) is 13.0. The quantitative estimate of drug-likeness (QED) is 0.849. The summed E-state index contributed by atoms with van der Waals surface area (Å²) >= 11 is 6.21. The molecule has 1 amide bonds. The highest BCUT2D eigenvalue weighted by Gasteiger charge is 2.21. The Kier molecular flexibility index (Phi) is 4.88. The van der Waals surface area contributed by atoms with Crippen LogP contribution in [0, 0.1) is 0 Å². The molecule has 0 aliphatic rings. The van der Waals surface area contributed by atoms with Crippen LogP contribution in [0.2, 0.25) is 5.15 Å². The van der Waals surface area contributed by atoms with Gasteiger partial charge in [-0.05, 0) is 32.2 Å². The monoisotopic (exact) mass is 321 g/mol. The first-order chi connectivity index (χ1) is 10.3. The van der Waals surface area contributed by atoms with Gasteiger partial charge in [-0.25, -0.2) is 9.78 Å². The molecule has 0 bridgehead atoms. The number of fused-ring (bicyclic) bond motifs is 1. The summed E-state index contributed by atoms with van der Waals surface area (Å²) in [6, 6.07) is 9.06. The summed E-state index contributed by atoms with van der Waals surface area (Å²) in [5.41, 5.74) is 5.79. The number of benzene rings is 1. The molecule has 0 spiro atoms. The Labute approximate surface area is 134 Å². The van der Waals surface area contributed by atoms with Crippen molar-refractivity contribution in [2.24, 2.45) is 5.73 Å². The first-order valence-electron chi connectivity index (χ1n) is 7.05. The average Bonchev–Trinajstić information content (AvgIpc) is 2.43. The molecule has 0 aliphatic carbocycles. The van der Waals surface area contributed by atoms with E-state index in [9.17, 15) is 4.79 Å². The zero-order valence-corrected chi connectivity index (χ0v) is 13.6. The van der Waals surface area contributed by atoms with Crippen molar-refractivity contribution < 1.29 is 9.53 Å². The van der Waals surface area contributed by atoms with E-state index in [1.54, 1.807) is 20.8 Å². The lowest BCUT2D eigenvalue weighted by atomic mass is 10.1. The lowest BCUT2D eigenvalue weighted by Crippen LogP contribution is -2.38. The van der Waals surface area contributed by atoms with Crippen LogP contribution in [0.5, 0.6) is 0 Å². The Bertz CT molecular complexity index is 683. The van der Waals surface area contributed by atoms with Crippen molar-refractivity contribution in [3.8, 4) is 0 Å². The van der Waals surface area contributed by atoms with Crippen LogP contribution in [0.3, 0.4) is 0 Å². The van der Waals surface area contributed by atoms with Crippen LogP contribution in [-0.2, 0) is 4.74 Å². The topological polar surface area (TPSA) is 77.2 Å². The number of halogens is 1. The van der Waals surface area contributed by atoms with Crippen LogP contribution >= 0.6 is 11.6 Å². The Morgan fingerprint density at radius 1 is 1.41 bits per heavy atom. The summed E-state index contributed by atoms with van der Waals surface area (Å²) in [5.74, 6) is 0. The van der Waals surface area contributed by atoms with E-state index >= 15 is 0 Å². The van der Waals surface area contributed by atoms with Crippen molar-refractivity contribution in [2.45, 2.75) is 32.4 Å². The fourth-order valence-corrected chi connectivity index (χ4v) is 2.33. The van der Waals surface area contributed by atoms with Gasteiger partial charge >= 0.3 is 6.09 Å². The second-order valence-corrected chi connectivity index (χ2v) is 6.35. The van der Waals surface area contributed by atoms with Crippen molar-refractivity contribution in [3.63, 3.8) is 0 Å². The molecule has 2 aromatic rings. The zero-order chi connectivity index (χ0) is 16.3. The molecule has 1 atom stereocenters. The molecular weight excluding hydrogens is 302 g/mol. The van der Waals surface area contributed by atoms with E-state index in [0.717, 1.165) is 10.8 Å². The molecule has 2 rings (SSSR count). The van der Waals surface area contributed by atoms with Gasteiger partial charge in [0.15, 0.2) is 0 Å². The number of nitrogens with one attached hydrogen (secondary N) is 1. The van der Waals surface area contributed by atoms with Gasteiger partial charge in [-0.1, -0.05) is 35.9 Å². The van der Waals surface area contributed by atoms with Gasteiger partial charge in [0, 0.05) is 11.9 Å². The number of nitrogens with zero attached hydrogens (tertiary/aromatic N) is 1. The number of rotatable bonds is 3. The number of ether oxygens (including phenoxy) is 1. The molecule has 6 heteroatoms. The maximum Gasteiger partial charge on any atom is 0.408 e. The molecule has 1 unspecified atom stereocenters. The van der Waals surface area contributed by atoms with E-state index in [-0.39, 0.29) is 6.54 Å². The van der Waals surface area contributed by atoms with Gasteiger partial charge in [0.1, 0.15) is 10.8 Å². The first-order valence-corrected chi connectivity index (χ1v) is 7.43. The third kappa shape index (κ3) is 4.08. The molecule has 0 fully saturated rings. The predicted molar refractivity (Wildman–Crippen MR) is 87.9 cm³/mol. The van der Waals surface area contributed by atoms with E-state index in [0.29, 0.717) is 10.8 Å². The SMILES string of the molecule is CC(C)(C)OC(=O)NC(CN)c1cc2ccccc2c(Cl)n1. The van der Waals surface area contributed by atoms with Crippen LogP contribution in [0.1, 0.15) is 32.5 Å². The van der Waals surface area contributed by atoms with E-state index in [4.69, 9.17) is 22.1 Å². The second kappa shape index (κ2) is 6.50. The highest BCUT2D eigenvalue weighted by atomic mass is 35.5. The van der Waals surface area contributed by atoms with E-state index in [1.807, 2.05) is 30.3 Å². The number of hydrogen-bond acceptors (Lipinski definition) is 4. The van der Waals surface area contributed by atoms with Gasteiger partial charge in [-0.15, -0.1) is 0 Å². The van der Waals surface area contributed by atoms with Crippen LogP contribution in [-0.4, -0.2) is 23.2 Å². The Balaban J connectivity index is 2.26. The van der Waals surface area contributed by atoms with Crippen molar-refractivity contribution in [1.82, 2.24) is 10.3 Å². The van der Waals surface area contributed by atoms with Crippen molar-refractivity contribution in [1.29, 1.82) is 0 Å². The summed E-state index contributed by atoms with van der Waals surface area (Å²) in [7, 11) is 0. The van der Waals surface area contributed by atoms with Gasteiger partial charge in [0.05, 0.1) is 11.7 Å². The van der Waals surface area contributed by atoms with Gasteiger partial charge in [-0.2, -0.15) is 0 Å². The van der Waals surface area contributed by atoms with Gasteiger partial charge in [0.2, 0.25) is 0 Å². The fourth-order valence-electron chi connectivity index (χ4n) is 2.06. The standard InChI is InChI=1S/C16H20ClN3O2/c1-16(2,3)22-15(21)20-13(9-18)12-8-10-6-4-5-7-11(10)14(17)19-12/h4-8,13H,9,18H2,1-3H3,(H,20,21). The molecular formula is C16H20ClN3O2. The molecule has 3 N–H and O–H groups in total. The van der Waals surface area contributed by atoms with Crippen LogP contribution in [0.15, 0.2) is 30.3 Å². The van der Waals surface area contributed by atoms with Crippen LogP contribution < -0.4 is 11.1 Å². The minimum absolute atomic E-state index is 0.195. The largest absolute Gasteiger partial charge is 0.444 e. The summed E-state index contributed by atoms with van der Waals surface area (Å²) in [4.78, 5) is 16.2. The van der Waals surface area contributed by atoms with Crippen LogP contribution in [0.25, 0.3) is 10.8 Å². The molecule has 1 aromatic carbocycles. The van der Waals surface area contributed by atoms with Crippen molar-refractivity contribution >= 4 is 28.5 Å². The highest BCUT2D eigenvalue weighted by molar-refractivity contribution is 6.34. The third-order valence-electron chi connectivity index (χ3n) is 3.00. The lowest BCUT2D eigenvalue weighted by Gasteiger charge is -2.23. The molecule has 0 saturated heterocycles. The first kappa shape index (κ1) is 16.5. The summed E-state index contributed by atoms with van der Waals surface area (Å²) in [5, 5.41) is 4.92. The van der Waals surface area contributed by atoms with Gasteiger partial charge in [-0.3, -0.25) is 0 Å². The number of carbonyl (C=O) groups excluding carboxylic acids is 1. The Hall–Kier alpha value is -1.85. The van der Waals surface area contributed by atoms with E-state index in [2.05, 4.69) is 10.3 Å². The molecule has 0 aliphatic heterocycles. The third-order valence-corrected chi connectivity index (χ3v) is 3.29. The molecule has 0 radical (unpaired) electrons.